The molecule has 0 aromatic heterocycles. The first-order valence-corrected chi connectivity index (χ1v) is 7.89. The summed E-state index contributed by atoms with van der Waals surface area (Å²) < 4.78 is 5.40. The molecule has 1 aromatic carbocycles. The lowest BCUT2D eigenvalue weighted by atomic mass is 10.0. The smallest absolute Gasteiger partial charge is 0.194 e. The van der Waals surface area contributed by atoms with Crippen LogP contribution in [-0.4, -0.2) is 37.6 Å². The van der Waals surface area contributed by atoms with Gasteiger partial charge in [-0.1, -0.05) is 25.1 Å². The molecule has 0 saturated carbocycles. The van der Waals surface area contributed by atoms with E-state index in [2.05, 4.69) is 30.1 Å². The van der Waals surface area contributed by atoms with E-state index in [0.717, 1.165) is 42.8 Å². The number of aliphatic imine (C=N–C) groups is 1. The molecule has 1 aromatic rings. The Balaban J connectivity index is 2.09. The van der Waals surface area contributed by atoms with Crippen molar-refractivity contribution in [3.05, 3.63) is 29.8 Å². The molecule has 116 valence electrons. The number of hydrogen-bond acceptors (Lipinski definition) is 2. The standard InChI is InChI=1S/C17H27N3O/c1-4-18-17(20-11-7-8-14(2)13-20)19-12-15-9-5-6-10-16(15)21-3/h5-6,9-10,14H,4,7-8,11-13H2,1-3H3,(H,18,19). The van der Waals surface area contributed by atoms with Gasteiger partial charge in [0.1, 0.15) is 5.75 Å². The first-order chi connectivity index (χ1) is 10.2. The number of benzene rings is 1. The molecule has 4 heteroatoms. The molecule has 0 radical (unpaired) electrons. The fourth-order valence-corrected chi connectivity index (χ4v) is 2.80. The first-order valence-electron chi connectivity index (χ1n) is 7.89. The molecule has 4 nitrogen and oxygen atoms in total. The second-order valence-electron chi connectivity index (χ2n) is 5.68. The van der Waals surface area contributed by atoms with Gasteiger partial charge in [0.15, 0.2) is 5.96 Å². The molecule has 1 N–H and O–H groups in total. The van der Waals surface area contributed by atoms with Gasteiger partial charge in [0.2, 0.25) is 0 Å². The van der Waals surface area contributed by atoms with Crippen LogP contribution in [0.5, 0.6) is 5.75 Å². The van der Waals surface area contributed by atoms with E-state index in [1.165, 1.54) is 12.8 Å². The number of para-hydroxylation sites is 1. The van der Waals surface area contributed by atoms with Crippen LogP contribution >= 0.6 is 0 Å². The largest absolute Gasteiger partial charge is 0.496 e. The van der Waals surface area contributed by atoms with Crippen molar-refractivity contribution in [1.29, 1.82) is 0 Å². The molecule has 1 heterocycles. The van der Waals surface area contributed by atoms with Gasteiger partial charge >= 0.3 is 0 Å². The van der Waals surface area contributed by atoms with Gasteiger partial charge in [-0.15, -0.1) is 0 Å². The average molecular weight is 289 g/mol. The zero-order valence-corrected chi connectivity index (χ0v) is 13.4. The number of likely N-dealkylation sites (tertiary alicyclic amines) is 1. The van der Waals surface area contributed by atoms with Gasteiger partial charge in [-0.3, -0.25) is 0 Å². The molecule has 0 spiro atoms. The van der Waals surface area contributed by atoms with E-state index in [-0.39, 0.29) is 0 Å². The second kappa shape index (κ2) is 7.91. The molecule has 2 rings (SSSR count). The summed E-state index contributed by atoms with van der Waals surface area (Å²) in [6.07, 6.45) is 2.57. The van der Waals surface area contributed by atoms with Crippen molar-refractivity contribution in [1.82, 2.24) is 10.2 Å². The number of piperidine rings is 1. The van der Waals surface area contributed by atoms with Crippen LogP contribution in [0.2, 0.25) is 0 Å². The fraction of sp³-hybridized carbons (Fsp3) is 0.588. The van der Waals surface area contributed by atoms with Gasteiger partial charge in [-0.05, 0) is 31.7 Å². The lowest BCUT2D eigenvalue weighted by Crippen LogP contribution is -2.46. The van der Waals surface area contributed by atoms with E-state index in [9.17, 15) is 0 Å². The van der Waals surface area contributed by atoms with E-state index in [1.54, 1.807) is 7.11 Å². The van der Waals surface area contributed by atoms with Crippen LogP contribution < -0.4 is 10.1 Å². The summed E-state index contributed by atoms with van der Waals surface area (Å²) in [6, 6.07) is 8.08. The van der Waals surface area contributed by atoms with E-state index in [4.69, 9.17) is 9.73 Å². The summed E-state index contributed by atoms with van der Waals surface area (Å²) >= 11 is 0. The SMILES string of the molecule is CCNC(=NCc1ccccc1OC)N1CCCC(C)C1. The predicted octanol–water partition coefficient (Wildman–Crippen LogP) is 2.89. The number of nitrogens with zero attached hydrogens (tertiary/aromatic N) is 2. The topological polar surface area (TPSA) is 36.9 Å². The van der Waals surface area contributed by atoms with Gasteiger partial charge in [0.05, 0.1) is 13.7 Å². The number of guanidine groups is 1. The number of hydrogen-bond donors (Lipinski definition) is 1. The van der Waals surface area contributed by atoms with Crippen LogP contribution in [0.3, 0.4) is 0 Å². The molecule has 0 amide bonds. The molecule has 1 atom stereocenters. The molecule has 1 fully saturated rings. The number of nitrogens with one attached hydrogen (secondary N) is 1. The first kappa shape index (κ1) is 15.7. The van der Waals surface area contributed by atoms with E-state index >= 15 is 0 Å². The van der Waals surface area contributed by atoms with Crippen LogP contribution in [0.15, 0.2) is 29.3 Å². The third-order valence-electron chi connectivity index (χ3n) is 3.88. The van der Waals surface area contributed by atoms with Crippen molar-refractivity contribution in [3.8, 4) is 5.75 Å². The van der Waals surface area contributed by atoms with Gasteiger partial charge in [-0.2, -0.15) is 0 Å². The minimum atomic E-state index is 0.650. The van der Waals surface area contributed by atoms with Crippen LogP contribution in [0.4, 0.5) is 0 Å². The summed E-state index contributed by atoms with van der Waals surface area (Å²) in [6.45, 7) is 8.18. The Morgan fingerprint density at radius 2 is 2.24 bits per heavy atom. The number of rotatable bonds is 4. The maximum Gasteiger partial charge on any atom is 0.194 e. The van der Waals surface area contributed by atoms with E-state index < -0.39 is 0 Å². The van der Waals surface area contributed by atoms with Crippen LogP contribution in [0.25, 0.3) is 0 Å². The van der Waals surface area contributed by atoms with E-state index in [0.29, 0.717) is 6.54 Å². The zero-order valence-electron chi connectivity index (χ0n) is 13.4. The van der Waals surface area contributed by atoms with Crippen molar-refractivity contribution < 1.29 is 4.74 Å². The molecular weight excluding hydrogens is 262 g/mol. The highest BCUT2D eigenvalue weighted by molar-refractivity contribution is 5.80. The Kier molecular flexibility index (Phi) is 5.90. The highest BCUT2D eigenvalue weighted by Crippen LogP contribution is 2.19. The second-order valence-corrected chi connectivity index (χ2v) is 5.68. The molecule has 0 bridgehead atoms. The summed E-state index contributed by atoms with van der Waals surface area (Å²) in [5.41, 5.74) is 1.13. The number of methoxy groups -OCH3 is 1. The maximum atomic E-state index is 5.40. The van der Waals surface area contributed by atoms with Gasteiger partial charge in [0, 0.05) is 25.2 Å². The van der Waals surface area contributed by atoms with Crippen molar-refractivity contribution >= 4 is 5.96 Å². The fourth-order valence-electron chi connectivity index (χ4n) is 2.80. The summed E-state index contributed by atoms with van der Waals surface area (Å²) in [5.74, 6) is 2.67. The Bertz CT molecular complexity index is 473. The van der Waals surface area contributed by atoms with Crippen molar-refractivity contribution in [2.24, 2.45) is 10.9 Å². The summed E-state index contributed by atoms with van der Waals surface area (Å²) in [5, 5.41) is 3.42. The third kappa shape index (κ3) is 4.38. The van der Waals surface area contributed by atoms with Crippen LogP contribution in [-0.2, 0) is 6.54 Å². The minimum absolute atomic E-state index is 0.650. The quantitative estimate of drug-likeness (QED) is 0.684. The van der Waals surface area contributed by atoms with Gasteiger partial charge in [0.25, 0.3) is 0 Å². The summed E-state index contributed by atoms with van der Waals surface area (Å²) in [4.78, 5) is 7.18. The Labute approximate surface area is 128 Å². The molecule has 0 aliphatic carbocycles. The van der Waals surface area contributed by atoms with Crippen molar-refractivity contribution in [2.45, 2.75) is 33.2 Å². The predicted molar refractivity (Wildman–Crippen MR) is 87.8 cm³/mol. The molecule has 1 aliphatic heterocycles. The Morgan fingerprint density at radius 3 is 2.95 bits per heavy atom. The third-order valence-corrected chi connectivity index (χ3v) is 3.88. The Hall–Kier alpha value is -1.71. The van der Waals surface area contributed by atoms with Crippen LogP contribution in [0.1, 0.15) is 32.3 Å². The molecule has 1 aliphatic rings. The molecule has 21 heavy (non-hydrogen) atoms. The molecule has 1 saturated heterocycles. The Morgan fingerprint density at radius 1 is 1.43 bits per heavy atom. The lowest BCUT2D eigenvalue weighted by molar-refractivity contribution is 0.266. The highest BCUT2D eigenvalue weighted by Gasteiger charge is 2.19. The normalized spacial score (nSPS) is 19.5. The van der Waals surface area contributed by atoms with E-state index in [1.807, 2.05) is 18.2 Å². The monoisotopic (exact) mass is 289 g/mol. The van der Waals surface area contributed by atoms with Crippen molar-refractivity contribution in [3.63, 3.8) is 0 Å². The lowest BCUT2D eigenvalue weighted by Gasteiger charge is -2.33. The summed E-state index contributed by atoms with van der Waals surface area (Å²) in [7, 11) is 1.71. The maximum absolute atomic E-state index is 5.40. The zero-order chi connectivity index (χ0) is 15.1. The molecular formula is C17H27N3O. The average Bonchev–Trinajstić information content (AvgIpc) is 2.51. The minimum Gasteiger partial charge on any atom is -0.496 e. The van der Waals surface area contributed by atoms with Crippen molar-refractivity contribution in [2.75, 3.05) is 26.7 Å². The van der Waals surface area contributed by atoms with Gasteiger partial charge < -0.3 is 15.0 Å². The molecule has 1 unspecified atom stereocenters. The van der Waals surface area contributed by atoms with Gasteiger partial charge in [-0.25, -0.2) is 4.99 Å². The highest BCUT2D eigenvalue weighted by atomic mass is 16.5. The van der Waals surface area contributed by atoms with Crippen LogP contribution in [0, 0.1) is 5.92 Å². The number of ether oxygens (including phenoxy) is 1.